The zero-order valence-electron chi connectivity index (χ0n) is 20.3. The maximum atomic E-state index is 14.5. The molecule has 0 aromatic heterocycles. The molecule has 184 valence electrons. The van der Waals surface area contributed by atoms with Crippen LogP contribution in [0.1, 0.15) is 48.1 Å². The van der Waals surface area contributed by atoms with Gasteiger partial charge >= 0.3 is 0 Å². The molecule has 4 aromatic rings. The molecule has 0 bridgehead atoms. The van der Waals surface area contributed by atoms with Crippen molar-refractivity contribution in [3.8, 4) is 0 Å². The highest BCUT2D eigenvalue weighted by molar-refractivity contribution is 6.32. The first kappa shape index (κ1) is 22.9. The van der Waals surface area contributed by atoms with Crippen molar-refractivity contribution < 1.29 is 14.4 Å². The first-order valence-electron chi connectivity index (χ1n) is 12.6. The number of carbonyl (C=O) groups is 3. The second-order valence-corrected chi connectivity index (χ2v) is 10.5. The Morgan fingerprint density at radius 3 is 2.13 bits per heavy atom. The Bertz CT molecular complexity index is 1640. The third-order valence-electron chi connectivity index (χ3n) is 8.25. The van der Waals surface area contributed by atoms with E-state index < -0.39 is 23.4 Å². The number of benzene rings is 4. The average Bonchev–Trinajstić information content (AvgIpc) is 3.39. The molecule has 0 N–H and O–H groups in total. The maximum Gasteiger partial charge on any atom is 0.185 e. The van der Waals surface area contributed by atoms with Crippen molar-refractivity contribution in [1.29, 1.82) is 0 Å². The normalized spacial score (nSPS) is 22.3. The summed E-state index contributed by atoms with van der Waals surface area (Å²) < 4.78 is 0. The van der Waals surface area contributed by atoms with Gasteiger partial charge in [-0.15, -0.1) is 0 Å². The zero-order chi connectivity index (χ0) is 26.0. The van der Waals surface area contributed by atoms with Crippen LogP contribution in [0.2, 0.25) is 5.02 Å². The van der Waals surface area contributed by atoms with Gasteiger partial charge in [-0.25, -0.2) is 0 Å². The molecule has 2 aliphatic heterocycles. The standard InChI is InChI=1S/C33H22ClNO3/c34-23-13-8-12-22(19-23)28-29(30(36)21-10-2-1-3-11-21)35-26-16-7-4-9-20(26)17-18-27(35)33(28)31(37)24-14-5-6-15-25(24)32(33)38/h1-19,27-29H/t27?,28-,29+/m1/s1. The first-order valence-corrected chi connectivity index (χ1v) is 13.0. The van der Waals surface area contributed by atoms with Gasteiger partial charge < -0.3 is 4.90 Å². The van der Waals surface area contributed by atoms with Crippen molar-refractivity contribution in [1.82, 2.24) is 0 Å². The van der Waals surface area contributed by atoms with E-state index in [1.165, 1.54) is 0 Å². The fourth-order valence-corrected chi connectivity index (χ4v) is 6.96. The van der Waals surface area contributed by atoms with Crippen LogP contribution >= 0.6 is 11.6 Å². The summed E-state index contributed by atoms with van der Waals surface area (Å²) in [4.78, 5) is 45.6. The van der Waals surface area contributed by atoms with Gasteiger partial charge in [0.25, 0.3) is 0 Å². The van der Waals surface area contributed by atoms with E-state index in [0.717, 1.165) is 11.3 Å². The highest BCUT2D eigenvalue weighted by Gasteiger charge is 2.71. The van der Waals surface area contributed by atoms with Gasteiger partial charge in [-0.2, -0.15) is 0 Å². The van der Waals surface area contributed by atoms with Crippen LogP contribution in [-0.4, -0.2) is 29.4 Å². The lowest BCUT2D eigenvalue weighted by Crippen LogP contribution is -2.48. The van der Waals surface area contributed by atoms with Gasteiger partial charge in [0, 0.05) is 33.3 Å². The number of anilines is 1. The maximum absolute atomic E-state index is 14.5. The van der Waals surface area contributed by atoms with Gasteiger partial charge in [-0.3, -0.25) is 14.4 Å². The molecule has 7 rings (SSSR count). The van der Waals surface area contributed by atoms with E-state index in [4.69, 9.17) is 11.6 Å². The molecule has 0 saturated carbocycles. The van der Waals surface area contributed by atoms with Crippen LogP contribution in [0.5, 0.6) is 0 Å². The zero-order valence-corrected chi connectivity index (χ0v) is 21.0. The van der Waals surface area contributed by atoms with E-state index in [-0.39, 0.29) is 17.3 Å². The molecule has 1 fully saturated rings. The molecule has 1 unspecified atom stereocenters. The summed E-state index contributed by atoms with van der Waals surface area (Å²) in [5.41, 5.74) is 2.29. The van der Waals surface area contributed by atoms with E-state index in [9.17, 15) is 14.4 Å². The molecule has 4 aromatic carbocycles. The molecule has 38 heavy (non-hydrogen) atoms. The second-order valence-electron chi connectivity index (χ2n) is 10.1. The number of ketones is 3. The molecule has 0 radical (unpaired) electrons. The minimum atomic E-state index is -1.52. The summed E-state index contributed by atoms with van der Waals surface area (Å²) in [6, 6.07) is 29.7. The van der Waals surface area contributed by atoms with Crippen LogP contribution in [-0.2, 0) is 0 Å². The number of hydrogen-bond acceptors (Lipinski definition) is 4. The van der Waals surface area contributed by atoms with Crippen molar-refractivity contribution >= 4 is 40.7 Å². The predicted molar refractivity (Wildman–Crippen MR) is 148 cm³/mol. The SMILES string of the molecule is O=C(c1ccccc1)[C@@H]1[C@@H](c2cccc(Cl)c2)C2(C(=O)c3ccccc3C2=O)C2C=Cc3ccccc3N21. The van der Waals surface area contributed by atoms with Crippen molar-refractivity contribution in [2.45, 2.75) is 18.0 Å². The Labute approximate surface area is 225 Å². The molecule has 1 saturated heterocycles. The van der Waals surface area contributed by atoms with Crippen molar-refractivity contribution in [3.63, 3.8) is 0 Å². The fourth-order valence-electron chi connectivity index (χ4n) is 6.76. The number of carbonyl (C=O) groups excluding carboxylic acids is 3. The Balaban J connectivity index is 1.56. The number of nitrogens with zero attached hydrogens (tertiary/aromatic N) is 1. The van der Waals surface area contributed by atoms with Crippen LogP contribution in [0.3, 0.4) is 0 Å². The van der Waals surface area contributed by atoms with Gasteiger partial charge in [-0.1, -0.05) is 109 Å². The van der Waals surface area contributed by atoms with Gasteiger partial charge in [0.15, 0.2) is 17.3 Å². The third-order valence-corrected chi connectivity index (χ3v) is 8.48. The lowest BCUT2D eigenvalue weighted by atomic mass is 9.64. The topological polar surface area (TPSA) is 54.5 Å². The van der Waals surface area contributed by atoms with E-state index in [1.54, 1.807) is 48.5 Å². The fraction of sp³-hybridized carbons (Fsp3) is 0.121. The molecule has 1 aliphatic carbocycles. The number of Topliss-reactive ketones (excluding diaryl/α,β-unsaturated/α-hetero) is 3. The van der Waals surface area contributed by atoms with Gasteiger partial charge in [0.1, 0.15) is 11.5 Å². The summed E-state index contributed by atoms with van der Waals surface area (Å²) >= 11 is 6.48. The van der Waals surface area contributed by atoms with Gasteiger partial charge in [-0.05, 0) is 29.3 Å². The predicted octanol–water partition coefficient (Wildman–Crippen LogP) is 6.66. The molecule has 1 spiro atoms. The second kappa shape index (κ2) is 8.37. The van der Waals surface area contributed by atoms with Crippen LogP contribution in [0.25, 0.3) is 6.08 Å². The minimum Gasteiger partial charge on any atom is -0.352 e. The Hall–Kier alpha value is -4.28. The molecule has 3 aliphatic rings. The lowest BCUT2D eigenvalue weighted by Gasteiger charge is -2.37. The van der Waals surface area contributed by atoms with E-state index in [1.807, 2.05) is 71.6 Å². The summed E-state index contributed by atoms with van der Waals surface area (Å²) in [5.74, 6) is -1.39. The minimum absolute atomic E-state index is 0.140. The Morgan fingerprint density at radius 1 is 0.763 bits per heavy atom. The van der Waals surface area contributed by atoms with Crippen LogP contribution in [0.15, 0.2) is 109 Å². The monoisotopic (exact) mass is 515 g/mol. The lowest BCUT2D eigenvalue weighted by molar-refractivity contribution is 0.0666. The number of para-hydroxylation sites is 1. The first-order chi connectivity index (χ1) is 18.5. The number of halogens is 1. The van der Waals surface area contributed by atoms with Crippen LogP contribution in [0, 0.1) is 5.41 Å². The average molecular weight is 516 g/mol. The summed E-state index contributed by atoms with van der Waals surface area (Å²) in [6.07, 6.45) is 3.89. The summed E-state index contributed by atoms with van der Waals surface area (Å²) in [6.45, 7) is 0. The highest BCUT2D eigenvalue weighted by Crippen LogP contribution is 2.61. The van der Waals surface area contributed by atoms with Gasteiger partial charge in [0.05, 0.1) is 6.04 Å². The molecule has 3 atom stereocenters. The highest BCUT2D eigenvalue weighted by atomic mass is 35.5. The Kier molecular flexibility index (Phi) is 5.04. The smallest absolute Gasteiger partial charge is 0.185 e. The van der Waals surface area contributed by atoms with Crippen LogP contribution in [0.4, 0.5) is 5.69 Å². The number of hydrogen-bond donors (Lipinski definition) is 0. The van der Waals surface area contributed by atoms with E-state index in [0.29, 0.717) is 27.3 Å². The molecule has 5 heteroatoms. The summed E-state index contributed by atoms with van der Waals surface area (Å²) in [7, 11) is 0. The van der Waals surface area contributed by atoms with Gasteiger partial charge in [0.2, 0.25) is 0 Å². The molecular formula is C33H22ClNO3. The van der Waals surface area contributed by atoms with Crippen molar-refractivity contribution in [2.75, 3.05) is 4.90 Å². The summed E-state index contributed by atoms with van der Waals surface area (Å²) in [5, 5.41) is 0.486. The quantitative estimate of drug-likeness (QED) is 0.226. The van der Waals surface area contributed by atoms with E-state index in [2.05, 4.69) is 0 Å². The van der Waals surface area contributed by atoms with E-state index >= 15 is 0 Å². The molecule has 4 nitrogen and oxygen atoms in total. The third kappa shape index (κ3) is 2.95. The number of rotatable bonds is 3. The van der Waals surface area contributed by atoms with Crippen molar-refractivity contribution in [2.24, 2.45) is 5.41 Å². The van der Waals surface area contributed by atoms with Crippen LogP contribution < -0.4 is 4.90 Å². The van der Waals surface area contributed by atoms with Crippen molar-refractivity contribution in [3.05, 3.63) is 142 Å². The molecule has 2 heterocycles. The Morgan fingerprint density at radius 2 is 1.42 bits per heavy atom. The molecular weight excluding hydrogens is 494 g/mol. The largest absolute Gasteiger partial charge is 0.352 e. The number of fused-ring (bicyclic) bond motifs is 5. The molecule has 0 amide bonds.